The molecule has 0 unspecified atom stereocenters. The van der Waals surface area contributed by atoms with E-state index < -0.39 is 28.5 Å². The van der Waals surface area contributed by atoms with Crippen molar-refractivity contribution in [1.29, 1.82) is 0 Å². The maximum Gasteiger partial charge on any atom is 0.264 e. The highest BCUT2D eigenvalue weighted by atomic mass is 32.2. The van der Waals surface area contributed by atoms with Gasteiger partial charge in [0.25, 0.3) is 10.0 Å². The van der Waals surface area contributed by atoms with Crippen LogP contribution in [-0.4, -0.2) is 44.3 Å². The van der Waals surface area contributed by atoms with Gasteiger partial charge in [-0.2, -0.15) is 0 Å². The molecule has 0 saturated carbocycles. The van der Waals surface area contributed by atoms with Gasteiger partial charge in [0.1, 0.15) is 12.6 Å². The lowest BCUT2D eigenvalue weighted by molar-refractivity contribution is -0.139. The Hall–Kier alpha value is -3.65. The molecule has 0 aliphatic carbocycles. The zero-order valence-electron chi connectivity index (χ0n) is 23.7. The second-order valence-corrected chi connectivity index (χ2v) is 12.0. The summed E-state index contributed by atoms with van der Waals surface area (Å²) in [6, 6.07) is 18.9. The van der Waals surface area contributed by atoms with E-state index >= 15 is 0 Å². The number of rotatable bonds is 11. The lowest BCUT2D eigenvalue weighted by Gasteiger charge is -2.32. The monoisotopic (exact) mass is 549 g/mol. The first-order valence-corrected chi connectivity index (χ1v) is 14.7. The largest absolute Gasteiger partial charge is 0.354 e. The van der Waals surface area contributed by atoms with Gasteiger partial charge < -0.3 is 10.2 Å². The third-order valence-corrected chi connectivity index (χ3v) is 8.47. The zero-order chi connectivity index (χ0) is 28.7. The van der Waals surface area contributed by atoms with Gasteiger partial charge in [-0.3, -0.25) is 13.9 Å². The first-order chi connectivity index (χ1) is 18.4. The van der Waals surface area contributed by atoms with Gasteiger partial charge in [0.15, 0.2) is 0 Å². The molecule has 0 spiro atoms. The summed E-state index contributed by atoms with van der Waals surface area (Å²) in [5.74, 6) is -0.748. The molecule has 0 bridgehead atoms. The molecule has 3 aromatic carbocycles. The van der Waals surface area contributed by atoms with Crippen molar-refractivity contribution in [1.82, 2.24) is 10.2 Å². The van der Waals surface area contributed by atoms with Crippen molar-refractivity contribution in [2.75, 3.05) is 17.4 Å². The van der Waals surface area contributed by atoms with Crippen LogP contribution >= 0.6 is 0 Å². The van der Waals surface area contributed by atoms with Gasteiger partial charge in [-0.15, -0.1) is 0 Å². The highest BCUT2D eigenvalue weighted by Gasteiger charge is 2.33. The summed E-state index contributed by atoms with van der Waals surface area (Å²) in [7, 11) is -4.09. The molecule has 39 heavy (non-hydrogen) atoms. The van der Waals surface area contributed by atoms with Crippen LogP contribution in [0.15, 0.2) is 71.6 Å². The number of benzene rings is 3. The number of nitrogens with zero attached hydrogens (tertiary/aromatic N) is 2. The summed E-state index contributed by atoms with van der Waals surface area (Å²) in [5.41, 5.74) is 5.00. The van der Waals surface area contributed by atoms with E-state index in [0.717, 1.165) is 38.5 Å². The van der Waals surface area contributed by atoms with Crippen LogP contribution in [0.2, 0.25) is 0 Å². The van der Waals surface area contributed by atoms with Crippen LogP contribution in [0.5, 0.6) is 0 Å². The minimum Gasteiger partial charge on any atom is -0.354 e. The molecule has 0 heterocycles. The number of aryl methyl sites for hydroxylation is 4. The number of hydrogen-bond acceptors (Lipinski definition) is 4. The molecule has 8 heteroatoms. The van der Waals surface area contributed by atoms with Crippen LogP contribution in [0.4, 0.5) is 5.69 Å². The standard InChI is InChI=1S/C31H39N3O4S/c1-7-18-32-31(36)26(6)33(20-27-13-8-22(2)9-14-27)30(35)21-34(29-17-12-24(4)19-25(29)5)39(37,38)28-15-10-23(3)11-16-28/h8-17,19,26H,7,18,20-21H2,1-6H3,(H,32,36)/t26-/m0/s1. The second kappa shape index (κ2) is 12.9. The van der Waals surface area contributed by atoms with Crippen molar-refractivity contribution in [2.24, 2.45) is 0 Å². The van der Waals surface area contributed by atoms with Crippen LogP contribution in [0.3, 0.4) is 0 Å². The Morgan fingerprint density at radius 3 is 1.97 bits per heavy atom. The highest BCUT2D eigenvalue weighted by Crippen LogP contribution is 2.28. The maximum atomic E-state index is 14.0. The van der Waals surface area contributed by atoms with Crippen LogP contribution in [0.25, 0.3) is 0 Å². The normalized spacial score (nSPS) is 12.1. The number of hydrogen-bond donors (Lipinski definition) is 1. The molecule has 1 atom stereocenters. The van der Waals surface area contributed by atoms with E-state index in [4.69, 9.17) is 0 Å². The van der Waals surface area contributed by atoms with Gasteiger partial charge in [-0.25, -0.2) is 8.42 Å². The quantitative estimate of drug-likeness (QED) is 0.362. The molecular weight excluding hydrogens is 510 g/mol. The van der Waals surface area contributed by atoms with Crippen molar-refractivity contribution in [3.8, 4) is 0 Å². The van der Waals surface area contributed by atoms with Gasteiger partial charge in [-0.05, 0) is 70.4 Å². The first kappa shape index (κ1) is 29.9. The molecule has 3 rings (SSSR count). The Morgan fingerprint density at radius 1 is 0.846 bits per heavy atom. The van der Waals surface area contributed by atoms with E-state index in [1.807, 2.05) is 71.0 Å². The minimum absolute atomic E-state index is 0.0969. The predicted molar refractivity (Wildman–Crippen MR) is 156 cm³/mol. The van der Waals surface area contributed by atoms with Crippen molar-refractivity contribution >= 4 is 27.5 Å². The fourth-order valence-corrected chi connectivity index (χ4v) is 5.78. The van der Waals surface area contributed by atoms with E-state index in [2.05, 4.69) is 5.32 Å². The summed E-state index contributed by atoms with van der Waals surface area (Å²) in [6.45, 7) is 11.5. The molecule has 3 aromatic rings. The number of carbonyl (C=O) groups is 2. The molecule has 208 valence electrons. The molecule has 7 nitrogen and oxygen atoms in total. The molecule has 0 aliphatic rings. The summed E-state index contributed by atoms with van der Waals surface area (Å²) >= 11 is 0. The van der Waals surface area contributed by atoms with Crippen molar-refractivity contribution in [3.05, 3.63) is 94.5 Å². The van der Waals surface area contributed by atoms with Gasteiger partial charge in [0.2, 0.25) is 11.8 Å². The maximum absolute atomic E-state index is 14.0. The van der Waals surface area contributed by atoms with Crippen molar-refractivity contribution in [2.45, 2.75) is 65.4 Å². The fraction of sp³-hybridized carbons (Fsp3) is 0.355. The Kier molecular flexibility index (Phi) is 9.92. The molecule has 0 fully saturated rings. The Labute approximate surface area is 232 Å². The number of carbonyl (C=O) groups excluding carboxylic acids is 2. The van der Waals surface area contributed by atoms with E-state index in [-0.39, 0.29) is 17.3 Å². The van der Waals surface area contributed by atoms with Gasteiger partial charge >= 0.3 is 0 Å². The van der Waals surface area contributed by atoms with Crippen LogP contribution < -0.4 is 9.62 Å². The van der Waals surface area contributed by atoms with Crippen molar-refractivity contribution < 1.29 is 18.0 Å². The summed E-state index contributed by atoms with van der Waals surface area (Å²) < 4.78 is 29.1. The fourth-order valence-electron chi connectivity index (χ4n) is 4.30. The van der Waals surface area contributed by atoms with Gasteiger partial charge in [0, 0.05) is 13.1 Å². The van der Waals surface area contributed by atoms with E-state index in [9.17, 15) is 18.0 Å². The molecule has 2 amide bonds. The third-order valence-electron chi connectivity index (χ3n) is 6.70. The topological polar surface area (TPSA) is 86.8 Å². The number of amides is 2. The number of anilines is 1. The van der Waals surface area contributed by atoms with Crippen LogP contribution in [-0.2, 0) is 26.2 Å². The van der Waals surface area contributed by atoms with E-state index in [1.165, 1.54) is 4.90 Å². The first-order valence-electron chi connectivity index (χ1n) is 13.2. The summed E-state index contributed by atoms with van der Waals surface area (Å²) in [6.07, 6.45) is 0.764. The SMILES string of the molecule is CCCNC(=O)[C@H](C)N(Cc1ccc(C)cc1)C(=O)CN(c1ccc(C)cc1C)S(=O)(=O)c1ccc(C)cc1. The molecule has 0 radical (unpaired) electrons. The Bertz CT molecular complexity index is 1400. The highest BCUT2D eigenvalue weighted by molar-refractivity contribution is 7.92. The molecule has 1 N–H and O–H groups in total. The van der Waals surface area contributed by atoms with Crippen LogP contribution in [0.1, 0.15) is 48.1 Å². The van der Waals surface area contributed by atoms with Gasteiger partial charge in [-0.1, -0.05) is 72.1 Å². The molecule has 0 saturated heterocycles. The average molecular weight is 550 g/mol. The summed E-state index contributed by atoms with van der Waals surface area (Å²) in [5, 5.41) is 2.86. The Morgan fingerprint density at radius 2 is 1.41 bits per heavy atom. The van der Waals surface area contributed by atoms with E-state index in [0.29, 0.717) is 12.2 Å². The molecule has 0 aliphatic heterocycles. The van der Waals surface area contributed by atoms with Crippen LogP contribution in [0, 0.1) is 27.7 Å². The third kappa shape index (κ3) is 7.47. The second-order valence-electron chi connectivity index (χ2n) is 10.1. The predicted octanol–water partition coefficient (Wildman–Crippen LogP) is 5.06. The van der Waals surface area contributed by atoms with Gasteiger partial charge in [0.05, 0.1) is 10.6 Å². The number of sulfonamides is 1. The minimum atomic E-state index is -4.09. The molecular formula is C31H39N3O4S. The summed E-state index contributed by atoms with van der Waals surface area (Å²) in [4.78, 5) is 28.5. The molecule has 0 aromatic heterocycles. The number of nitrogens with one attached hydrogen (secondary N) is 1. The average Bonchev–Trinajstić information content (AvgIpc) is 2.90. The smallest absolute Gasteiger partial charge is 0.264 e. The van der Waals surface area contributed by atoms with E-state index in [1.54, 1.807) is 37.3 Å². The van der Waals surface area contributed by atoms with Crippen molar-refractivity contribution in [3.63, 3.8) is 0 Å². The Balaban J connectivity index is 2.05. The lowest BCUT2D eigenvalue weighted by Crippen LogP contribution is -2.51. The lowest BCUT2D eigenvalue weighted by atomic mass is 10.1. The zero-order valence-corrected chi connectivity index (χ0v) is 24.5.